The Morgan fingerprint density at radius 1 is 1.14 bits per heavy atom. The minimum Gasteiger partial charge on any atom is -0.505 e. The molecule has 0 aliphatic carbocycles. The van der Waals surface area contributed by atoms with Crippen LogP contribution in [-0.4, -0.2) is 57.7 Å². The minimum atomic E-state index is -4.62. The lowest BCUT2D eigenvalue weighted by Gasteiger charge is -2.23. The van der Waals surface area contributed by atoms with E-state index in [4.69, 9.17) is 9.47 Å². The number of carbonyl (C=O) groups is 1. The zero-order valence-electron chi connectivity index (χ0n) is 18.9. The monoisotopic (exact) mass is 582 g/mol. The summed E-state index contributed by atoms with van der Waals surface area (Å²) in [7, 11) is -3.15. The van der Waals surface area contributed by atoms with Crippen molar-refractivity contribution in [1.29, 1.82) is 0 Å². The number of nitrogens with zero attached hydrogens (tertiary/aromatic N) is 1. The predicted molar refractivity (Wildman–Crippen MR) is 132 cm³/mol. The van der Waals surface area contributed by atoms with Crippen LogP contribution >= 0.6 is 15.9 Å². The number of ether oxygens (including phenoxy) is 2. The molecular weight excluding hydrogens is 562 g/mol. The third-order valence-corrected chi connectivity index (χ3v) is 7.50. The summed E-state index contributed by atoms with van der Waals surface area (Å²) in [6.07, 6.45) is 0. The number of phenols is 1. The van der Waals surface area contributed by atoms with Crippen LogP contribution in [0.4, 0.5) is 14.5 Å². The van der Waals surface area contributed by atoms with Gasteiger partial charge in [-0.2, -0.15) is 0 Å². The molecule has 12 heteroatoms. The number of methoxy groups -OCH3 is 1. The molecule has 0 fully saturated rings. The number of hydrogen-bond donors (Lipinski definition) is 2. The third kappa shape index (κ3) is 5.15. The van der Waals surface area contributed by atoms with Crippen LogP contribution in [0.2, 0.25) is 0 Å². The van der Waals surface area contributed by atoms with Crippen LogP contribution in [0.3, 0.4) is 0 Å². The number of amides is 1. The summed E-state index contributed by atoms with van der Waals surface area (Å²) in [5.41, 5.74) is -0.450. The van der Waals surface area contributed by atoms with Gasteiger partial charge >= 0.3 is 0 Å². The maximum atomic E-state index is 14.8. The van der Waals surface area contributed by atoms with Crippen molar-refractivity contribution in [2.24, 2.45) is 0 Å². The molecule has 4 rings (SSSR count). The molecule has 8 nitrogen and oxygen atoms in total. The summed E-state index contributed by atoms with van der Waals surface area (Å²) in [5, 5.41) is 10.5. The predicted octanol–water partition coefficient (Wildman–Crippen LogP) is 4.38. The second kappa shape index (κ2) is 10.4. The highest BCUT2D eigenvalue weighted by atomic mass is 79.9. The van der Waals surface area contributed by atoms with Crippen molar-refractivity contribution in [3.8, 4) is 22.6 Å². The number of aromatic hydroxyl groups is 1. The molecule has 0 saturated heterocycles. The van der Waals surface area contributed by atoms with Crippen molar-refractivity contribution in [3.05, 3.63) is 70.2 Å². The average Bonchev–Trinajstić information content (AvgIpc) is 2.84. The summed E-state index contributed by atoms with van der Waals surface area (Å²) in [4.78, 5) is 14.0. The summed E-state index contributed by atoms with van der Waals surface area (Å²) < 4.78 is 68.8. The Hall–Kier alpha value is -3.22. The quantitative estimate of drug-likeness (QED) is 0.475. The van der Waals surface area contributed by atoms with Crippen LogP contribution in [-0.2, 0) is 14.8 Å². The van der Waals surface area contributed by atoms with E-state index in [2.05, 4.69) is 20.7 Å². The molecular formula is C24H21BrF2N2O6S. The fraction of sp³-hybridized carbons (Fsp3) is 0.208. The molecule has 1 amide bonds. The van der Waals surface area contributed by atoms with Gasteiger partial charge < -0.3 is 19.5 Å². The van der Waals surface area contributed by atoms with Gasteiger partial charge in [-0.3, -0.25) is 9.52 Å². The van der Waals surface area contributed by atoms with Crippen molar-refractivity contribution >= 4 is 37.5 Å². The zero-order chi connectivity index (χ0) is 26.0. The smallest absolute Gasteiger partial charge is 0.265 e. The fourth-order valence-electron chi connectivity index (χ4n) is 3.72. The highest BCUT2D eigenvalue weighted by Gasteiger charge is 2.27. The van der Waals surface area contributed by atoms with Gasteiger partial charge in [-0.15, -0.1) is 0 Å². The Morgan fingerprint density at radius 2 is 1.89 bits per heavy atom. The molecule has 0 unspecified atom stereocenters. The van der Waals surface area contributed by atoms with Gasteiger partial charge in [-0.25, -0.2) is 17.2 Å². The molecule has 4 bridgehead atoms. The van der Waals surface area contributed by atoms with E-state index in [0.717, 1.165) is 12.1 Å². The maximum Gasteiger partial charge on any atom is 0.265 e. The largest absolute Gasteiger partial charge is 0.505 e. The summed E-state index contributed by atoms with van der Waals surface area (Å²) in [6, 6.07) is 10.3. The van der Waals surface area contributed by atoms with Crippen molar-refractivity contribution in [2.45, 2.75) is 4.90 Å². The van der Waals surface area contributed by atoms with E-state index in [1.54, 1.807) is 24.3 Å². The van der Waals surface area contributed by atoms with Crippen LogP contribution in [0.15, 0.2) is 57.9 Å². The number of para-hydroxylation sites is 1. The Labute approximate surface area is 214 Å². The lowest BCUT2D eigenvalue weighted by atomic mass is 10.0. The SMILES string of the molecule is COCCN1CCOc2ccccc2-c2cc(c(F)cc2F)NS(=O)(=O)c2cc(cc(Br)c2O)C1=O. The second-order valence-electron chi connectivity index (χ2n) is 7.85. The molecule has 0 aromatic heterocycles. The van der Waals surface area contributed by atoms with Gasteiger partial charge in [0.1, 0.15) is 34.6 Å². The summed E-state index contributed by atoms with van der Waals surface area (Å²) in [6.45, 7) is 0.474. The van der Waals surface area contributed by atoms with Crippen LogP contribution in [0, 0.1) is 11.6 Å². The molecule has 0 spiro atoms. The number of phenolic OH excluding ortho intramolecular Hbond substituents is 1. The molecule has 190 valence electrons. The van der Waals surface area contributed by atoms with Gasteiger partial charge in [0.15, 0.2) is 0 Å². The summed E-state index contributed by atoms with van der Waals surface area (Å²) in [5.74, 6) is -3.07. The van der Waals surface area contributed by atoms with Gasteiger partial charge in [-0.05, 0) is 40.2 Å². The lowest BCUT2D eigenvalue weighted by Crippen LogP contribution is -2.37. The summed E-state index contributed by atoms with van der Waals surface area (Å²) >= 11 is 3.08. The van der Waals surface area contributed by atoms with Crippen molar-refractivity contribution < 1.29 is 36.6 Å². The van der Waals surface area contributed by atoms with E-state index in [0.29, 0.717) is 6.07 Å². The number of carbonyl (C=O) groups excluding carboxylic acids is 1. The number of sulfonamides is 1. The highest BCUT2D eigenvalue weighted by Crippen LogP contribution is 2.37. The number of fused-ring (bicyclic) bond motifs is 6. The minimum absolute atomic E-state index is 0.0186. The molecule has 1 aliphatic rings. The maximum absolute atomic E-state index is 14.8. The van der Waals surface area contributed by atoms with Crippen LogP contribution in [0.25, 0.3) is 11.1 Å². The van der Waals surface area contributed by atoms with E-state index < -0.39 is 43.9 Å². The normalized spacial score (nSPS) is 15.2. The van der Waals surface area contributed by atoms with Crippen LogP contribution < -0.4 is 9.46 Å². The van der Waals surface area contributed by atoms with E-state index in [9.17, 15) is 27.1 Å². The van der Waals surface area contributed by atoms with Crippen LogP contribution in [0.1, 0.15) is 10.4 Å². The molecule has 3 aromatic carbocycles. The Bertz CT molecular complexity index is 1430. The molecule has 1 aliphatic heterocycles. The lowest BCUT2D eigenvalue weighted by molar-refractivity contribution is 0.0665. The number of benzene rings is 3. The standard InChI is InChI=1S/C24H21BrF2N2O6S/c1-34-8-6-29-7-9-35-21-5-3-2-4-15(21)16-12-20(19(27)13-18(16)26)28-36(32,33)22-11-14(24(29)31)10-17(25)23(22)30/h2-5,10-13,28,30H,6-9H2,1H3. The molecule has 1 heterocycles. The van der Waals surface area contributed by atoms with Gasteiger partial charge in [0.25, 0.3) is 15.9 Å². The number of halogens is 3. The fourth-order valence-corrected chi connectivity index (χ4v) is 5.51. The first-order valence-corrected chi connectivity index (χ1v) is 12.9. The number of rotatable bonds is 3. The Kier molecular flexibility index (Phi) is 7.48. The molecule has 0 radical (unpaired) electrons. The molecule has 0 atom stereocenters. The first-order chi connectivity index (χ1) is 17.1. The van der Waals surface area contributed by atoms with Crippen molar-refractivity contribution in [1.82, 2.24) is 4.90 Å². The molecule has 0 saturated carbocycles. The third-order valence-electron chi connectivity index (χ3n) is 5.51. The Balaban J connectivity index is 1.93. The first-order valence-electron chi connectivity index (χ1n) is 10.7. The van der Waals surface area contributed by atoms with Crippen molar-refractivity contribution in [3.63, 3.8) is 0 Å². The van der Waals surface area contributed by atoms with E-state index in [-0.39, 0.29) is 53.2 Å². The van der Waals surface area contributed by atoms with Gasteiger partial charge in [0.2, 0.25) is 0 Å². The van der Waals surface area contributed by atoms with Gasteiger partial charge in [0, 0.05) is 36.4 Å². The molecule has 3 aromatic rings. The van der Waals surface area contributed by atoms with Crippen molar-refractivity contribution in [2.75, 3.05) is 38.1 Å². The highest BCUT2D eigenvalue weighted by molar-refractivity contribution is 9.10. The number of nitrogens with one attached hydrogen (secondary N) is 1. The molecule has 36 heavy (non-hydrogen) atoms. The van der Waals surface area contributed by atoms with E-state index >= 15 is 0 Å². The van der Waals surface area contributed by atoms with Gasteiger partial charge in [0.05, 0.1) is 23.3 Å². The Morgan fingerprint density at radius 3 is 2.64 bits per heavy atom. The number of anilines is 1. The second-order valence-corrected chi connectivity index (χ2v) is 10.4. The zero-order valence-corrected chi connectivity index (χ0v) is 21.3. The average molecular weight is 583 g/mol. The van der Waals surface area contributed by atoms with E-state index in [1.807, 2.05) is 0 Å². The molecule has 2 N–H and O–H groups in total. The van der Waals surface area contributed by atoms with E-state index in [1.165, 1.54) is 18.1 Å². The topological polar surface area (TPSA) is 105 Å². The first kappa shape index (κ1) is 25.9. The van der Waals surface area contributed by atoms with Gasteiger partial charge in [-0.1, -0.05) is 18.2 Å². The number of hydrogen-bond acceptors (Lipinski definition) is 6. The van der Waals surface area contributed by atoms with Crippen LogP contribution in [0.5, 0.6) is 11.5 Å².